The van der Waals surface area contributed by atoms with Gasteiger partial charge in [-0.25, -0.2) is 0 Å². The fraction of sp³-hybridized carbons (Fsp3) is 0.182. The number of rotatable bonds is 5. The molecule has 0 fully saturated rings. The highest BCUT2D eigenvalue weighted by atomic mass is 19.4. The minimum absolute atomic E-state index is 0.0231. The predicted molar refractivity (Wildman–Crippen MR) is 101 cm³/mol. The Hall–Kier alpha value is -3.39. The molecule has 0 bridgehead atoms. The second-order valence-corrected chi connectivity index (χ2v) is 7.04. The van der Waals surface area contributed by atoms with Gasteiger partial charge < -0.3 is 14.4 Å². The Kier molecular flexibility index (Phi) is 4.74. The van der Waals surface area contributed by atoms with Crippen LogP contribution in [-0.2, 0) is 23.1 Å². The van der Waals surface area contributed by atoms with E-state index in [0.29, 0.717) is 11.3 Å². The highest BCUT2D eigenvalue weighted by Gasteiger charge is 2.51. The number of amides is 1. The van der Waals surface area contributed by atoms with Gasteiger partial charge in [-0.2, -0.15) is 13.2 Å². The van der Waals surface area contributed by atoms with Crippen molar-refractivity contribution in [1.82, 2.24) is 0 Å². The number of carbonyl (C=O) groups excluding carboxylic acids is 2. The molecule has 1 aliphatic rings. The molecular formula is C22H16F3NO4. The molecule has 4 rings (SSSR count). The summed E-state index contributed by atoms with van der Waals surface area (Å²) in [7, 11) is 0. The van der Waals surface area contributed by atoms with Crippen LogP contribution in [0.1, 0.15) is 33.7 Å². The van der Waals surface area contributed by atoms with Gasteiger partial charge in [0.05, 0.1) is 30.5 Å². The van der Waals surface area contributed by atoms with Crippen molar-refractivity contribution in [3.8, 4) is 0 Å². The molecule has 1 unspecified atom stereocenters. The average Bonchev–Trinajstić information content (AvgIpc) is 3.31. The van der Waals surface area contributed by atoms with Crippen LogP contribution in [0.2, 0.25) is 0 Å². The minimum atomic E-state index is -4.46. The summed E-state index contributed by atoms with van der Waals surface area (Å²) < 4.78 is 43.4. The Labute approximate surface area is 169 Å². The van der Waals surface area contributed by atoms with E-state index < -0.39 is 35.5 Å². The van der Waals surface area contributed by atoms with Crippen LogP contribution in [0.25, 0.3) is 0 Å². The van der Waals surface area contributed by atoms with Crippen LogP contribution >= 0.6 is 0 Å². The molecule has 0 saturated heterocycles. The molecule has 2 heterocycles. The first-order chi connectivity index (χ1) is 14.2. The second kappa shape index (κ2) is 7.14. The van der Waals surface area contributed by atoms with Gasteiger partial charge in [-0.3, -0.25) is 9.59 Å². The summed E-state index contributed by atoms with van der Waals surface area (Å²) in [6.07, 6.45) is -3.65. The number of benzene rings is 2. The number of alkyl halides is 3. The van der Waals surface area contributed by atoms with Crippen molar-refractivity contribution in [1.29, 1.82) is 0 Å². The molecule has 1 aromatic heterocycles. The van der Waals surface area contributed by atoms with Crippen LogP contribution in [0, 0.1) is 0 Å². The van der Waals surface area contributed by atoms with E-state index in [1.165, 1.54) is 35.4 Å². The van der Waals surface area contributed by atoms with Crippen LogP contribution in [0.4, 0.5) is 18.9 Å². The van der Waals surface area contributed by atoms with E-state index in [1.54, 1.807) is 24.3 Å². The van der Waals surface area contributed by atoms with Gasteiger partial charge in [-0.05, 0) is 35.9 Å². The number of fused-ring (bicyclic) bond motifs is 1. The van der Waals surface area contributed by atoms with E-state index >= 15 is 0 Å². The van der Waals surface area contributed by atoms with Crippen LogP contribution in [0.15, 0.2) is 71.3 Å². The number of anilines is 1. The van der Waals surface area contributed by atoms with E-state index in [2.05, 4.69) is 0 Å². The van der Waals surface area contributed by atoms with Crippen LogP contribution in [0.5, 0.6) is 0 Å². The second-order valence-electron chi connectivity index (χ2n) is 7.04. The first-order valence-corrected chi connectivity index (χ1v) is 9.07. The highest BCUT2D eigenvalue weighted by Crippen LogP contribution is 2.43. The molecule has 2 aromatic carbocycles. The van der Waals surface area contributed by atoms with Gasteiger partial charge in [0.1, 0.15) is 0 Å². The van der Waals surface area contributed by atoms with E-state index in [-0.39, 0.29) is 17.9 Å². The maximum absolute atomic E-state index is 13.1. The summed E-state index contributed by atoms with van der Waals surface area (Å²) in [4.78, 5) is 26.9. The standard InChI is InChI=1S/C22H16F3NO4/c23-22(24,25)15-9-7-14(8-10-15)13-26-17-5-2-1-4-16(17)21(29,20(26)28)12-18(27)19-6-3-11-30-19/h1-11,29H,12-13H2. The first-order valence-electron chi connectivity index (χ1n) is 9.07. The van der Waals surface area contributed by atoms with Crippen molar-refractivity contribution < 1.29 is 32.3 Å². The number of halogens is 3. The molecular weight excluding hydrogens is 399 g/mol. The van der Waals surface area contributed by atoms with Gasteiger partial charge in [-0.15, -0.1) is 0 Å². The summed E-state index contributed by atoms with van der Waals surface area (Å²) in [5, 5.41) is 11.2. The smallest absolute Gasteiger partial charge is 0.416 e. The van der Waals surface area contributed by atoms with Crippen molar-refractivity contribution in [3.05, 3.63) is 89.4 Å². The topological polar surface area (TPSA) is 70.8 Å². The van der Waals surface area contributed by atoms with Gasteiger partial charge in [0, 0.05) is 5.56 Å². The van der Waals surface area contributed by atoms with Crippen molar-refractivity contribution in [2.75, 3.05) is 4.90 Å². The number of nitrogens with zero attached hydrogens (tertiary/aromatic N) is 1. The minimum Gasteiger partial charge on any atom is -0.461 e. The molecule has 1 aliphatic heterocycles. The normalized spacial score (nSPS) is 18.5. The third kappa shape index (κ3) is 3.39. The Morgan fingerprint density at radius 2 is 1.73 bits per heavy atom. The number of para-hydroxylation sites is 1. The molecule has 30 heavy (non-hydrogen) atoms. The predicted octanol–water partition coefficient (Wildman–Crippen LogP) is 4.31. The van der Waals surface area contributed by atoms with Crippen LogP contribution in [-0.4, -0.2) is 16.8 Å². The van der Waals surface area contributed by atoms with Gasteiger partial charge in [-0.1, -0.05) is 30.3 Å². The number of Topliss-reactive ketones (excluding diaryl/α,β-unsaturated/α-hetero) is 1. The summed E-state index contributed by atoms with van der Waals surface area (Å²) in [6, 6.07) is 13.9. The van der Waals surface area contributed by atoms with Crippen LogP contribution < -0.4 is 4.90 Å². The molecule has 3 aromatic rings. The SMILES string of the molecule is O=C(CC1(O)C(=O)N(Cc2ccc(C(F)(F)F)cc2)c2ccccc21)c1ccco1. The van der Waals surface area contributed by atoms with Crippen LogP contribution in [0.3, 0.4) is 0 Å². The lowest BCUT2D eigenvalue weighted by Crippen LogP contribution is -2.41. The zero-order valence-corrected chi connectivity index (χ0v) is 15.5. The molecule has 0 aliphatic carbocycles. The summed E-state index contributed by atoms with van der Waals surface area (Å²) in [5.41, 5.74) is -1.77. The number of carbonyl (C=O) groups is 2. The van der Waals surface area contributed by atoms with E-state index in [0.717, 1.165) is 12.1 Å². The number of aliphatic hydroxyl groups is 1. The summed E-state index contributed by atoms with van der Waals surface area (Å²) in [6.45, 7) is -0.0504. The van der Waals surface area contributed by atoms with Crippen molar-refractivity contribution >= 4 is 17.4 Å². The zero-order valence-electron chi connectivity index (χ0n) is 15.5. The van der Waals surface area contributed by atoms with E-state index in [1.807, 2.05) is 0 Å². The number of hydrogen-bond acceptors (Lipinski definition) is 4. The Morgan fingerprint density at radius 3 is 2.37 bits per heavy atom. The zero-order chi connectivity index (χ0) is 21.5. The molecule has 1 amide bonds. The Morgan fingerprint density at radius 1 is 1.03 bits per heavy atom. The van der Waals surface area contributed by atoms with Gasteiger partial charge in [0.15, 0.2) is 11.4 Å². The molecule has 154 valence electrons. The molecule has 0 saturated carbocycles. The lowest BCUT2D eigenvalue weighted by Gasteiger charge is -2.22. The molecule has 8 heteroatoms. The van der Waals surface area contributed by atoms with E-state index in [9.17, 15) is 27.9 Å². The highest BCUT2D eigenvalue weighted by molar-refractivity contribution is 6.10. The maximum atomic E-state index is 13.1. The Bertz CT molecular complexity index is 1090. The largest absolute Gasteiger partial charge is 0.461 e. The van der Waals surface area contributed by atoms with Crippen molar-refractivity contribution in [3.63, 3.8) is 0 Å². The van der Waals surface area contributed by atoms with Gasteiger partial charge in [0.25, 0.3) is 5.91 Å². The lowest BCUT2D eigenvalue weighted by molar-refractivity contribution is -0.137. The molecule has 0 radical (unpaired) electrons. The summed E-state index contributed by atoms with van der Waals surface area (Å²) >= 11 is 0. The number of hydrogen-bond donors (Lipinski definition) is 1. The molecule has 0 spiro atoms. The first kappa shape index (κ1) is 19.9. The third-order valence-electron chi connectivity index (χ3n) is 5.07. The van der Waals surface area contributed by atoms with Crippen molar-refractivity contribution in [2.24, 2.45) is 0 Å². The monoisotopic (exact) mass is 415 g/mol. The quantitative estimate of drug-likeness (QED) is 0.631. The average molecular weight is 415 g/mol. The molecule has 5 nitrogen and oxygen atoms in total. The third-order valence-corrected chi connectivity index (χ3v) is 5.07. The van der Waals surface area contributed by atoms with Gasteiger partial charge in [0.2, 0.25) is 5.78 Å². The fourth-order valence-electron chi connectivity index (χ4n) is 3.57. The summed E-state index contributed by atoms with van der Waals surface area (Å²) in [5.74, 6) is -1.24. The van der Waals surface area contributed by atoms with E-state index in [4.69, 9.17) is 4.42 Å². The number of ketones is 1. The molecule has 1 N–H and O–H groups in total. The van der Waals surface area contributed by atoms with Gasteiger partial charge >= 0.3 is 6.18 Å². The lowest BCUT2D eigenvalue weighted by atomic mass is 9.89. The maximum Gasteiger partial charge on any atom is 0.416 e. The fourth-order valence-corrected chi connectivity index (χ4v) is 3.57. The van der Waals surface area contributed by atoms with Crippen molar-refractivity contribution in [2.45, 2.75) is 24.7 Å². The number of furan rings is 1. The Balaban J connectivity index is 1.64. The molecule has 1 atom stereocenters.